The number of ketones is 1. The van der Waals surface area contributed by atoms with Crippen LogP contribution >= 0.6 is 0 Å². The average molecular weight is 514 g/mol. The lowest BCUT2D eigenvalue weighted by Gasteiger charge is -2.26. The van der Waals surface area contributed by atoms with Gasteiger partial charge in [0, 0.05) is 12.1 Å². The number of fused-ring (bicyclic) bond motifs is 1. The van der Waals surface area contributed by atoms with Gasteiger partial charge in [-0.05, 0) is 80.3 Å². The number of rotatable bonds is 8. The van der Waals surface area contributed by atoms with Gasteiger partial charge in [0.1, 0.15) is 23.0 Å². The molecule has 0 aliphatic carbocycles. The molecule has 1 N–H and O–H groups in total. The van der Waals surface area contributed by atoms with Crippen molar-refractivity contribution >= 4 is 17.4 Å². The summed E-state index contributed by atoms with van der Waals surface area (Å²) in [5.74, 6) is 0.411. The van der Waals surface area contributed by atoms with E-state index in [2.05, 4.69) is 0 Å². The molecule has 0 radical (unpaired) electrons. The summed E-state index contributed by atoms with van der Waals surface area (Å²) in [6.45, 7) is 4.94. The lowest BCUT2D eigenvalue weighted by Crippen LogP contribution is -2.33. The normalized spacial score (nSPS) is 18.4. The summed E-state index contributed by atoms with van der Waals surface area (Å²) in [6.07, 6.45) is 1.68. The van der Waals surface area contributed by atoms with Crippen molar-refractivity contribution in [3.8, 4) is 17.2 Å². The van der Waals surface area contributed by atoms with E-state index in [1.165, 1.54) is 4.90 Å². The van der Waals surface area contributed by atoms with Crippen molar-refractivity contribution in [1.82, 2.24) is 4.90 Å². The highest BCUT2D eigenvalue weighted by Crippen LogP contribution is 2.41. The number of para-hydroxylation sites is 1. The van der Waals surface area contributed by atoms with Crippen LogP contribution in [0.3, 0.4) is 0 Å². The average Bonchev–Trinajstić information content (AvgIpc) is 3.18. The number of aliphatic hydroxyl groups is 1. The number of carbonyl (C=O) groups excluding carboxylic acids is 2. The largest absolute Gasteiger partial charge is 0.507 e. The molecule has 1 unspecified atom stereocenters. The molecular formula is C31H31NO6. The maximum absolute atomic E-state index is 13.4. The molecule has 3 aromatic carbocycles. The maximum Gasteiger partial charge on any atom is 0.295 e. The molecule has 1 fully saturated rings. The van der Waals surface area contributed by atoms with Crippen molar-refractivity contribution in [2.75, 3.05) is 19.8 Å². The summed E-state index contributed by atoms with van der Waals surface area (Å²) in [4.78, 5) is 28.1. The van der Waals surface area contributed by atoms with Crippen LogP contribution in [0.2, 0.25) is 0 Å². The number of nitrogens with zero attached hydrogens (tertiary/aromatic N) is 1. The van der Waals surface area contributed by atoms with Crippen molar-refractivity contribution in [1.29, 1.82) is 0 Å². The Morgan fingerprint density at radius 1 is 1.03 bits per heavy atom. The third kappa shape index (κ3) is 5.29. The molecule has 7 heteroatoms. The number of benzene rings is 3. The van der Waals surface area contributed by atoms with Gasteiger partial charge in [-0.3, -0.25) is 9.59 Å². The molecule has 2 aliphatic heterocycles. The van der Waals surface area contributed by atoms with E-state index in [1.54, 1.807) is 18.2 Å². The number of carbonyl (C=O) groups is 2. The fraction of sp³-hybridized carbons (Fsp3) is 0.290. The van der Waals surface area contributed by atoms with Crippen LogP contribution in [0, 0.1) is 0 Å². The second-order valence-corrected chi connectivity index (χ2v) is 9.67. The summed E-state index contributed by atoms with van der Waals surface area (Å²) >= 11 is 0. The first-order chi connectivity index (χ1) is 18.4. The molecule has 7 nitrogen and oxygen atoms in total. The Morgan fingerprint density at radius 3 is 2.61 bits per heavy atom. The minimum atomic E-state index is -0.794. The Morgan fingerprint density at radius 2 is 1.82 bits per heavy atom. The van der Waals surface area contributed by atoms with Crippen LogP contribution in [0.25, 0.3) is 5.76 Å². The topological polar surface area (TPSA) is 85.3 Å². The SMILES string of the molecule is CC(C)OCCN1C(=O)C(=O)/C(=C(\O)c2ccc3c(c2)CCCO3)C1c1cccc(Oc2ccccc2)c1. The number of hydrogen-bond donors (Lipinski definition) is 1. The van der Waals surface area contributed by atoms with Crippen LogP contribution < -0.4 is 9.47 Å². The third-order valence-corrected chi connectivity index (χ3v) is 6.66. The molecular weight excluding hydrogens is 482 g/mol. The van der Waals surface area contributed by atoms with Crippen molar-refractivity contribution < 1.29 is 28.9 Å². The first-order valence-corrected chi connectivity index (χ1v) is 12.9. The Hall–Kier alpha value is -4.10. The molecule has 196 valence electrons. The number of aliphatic hydroxyl groups excluding tert-OH is 1. The molecule has 1 amide bonds. The summed E-state index contributed by atoms with van der Waals surface area (Å²) < 4.78 is 17.4. The molecule has 3 aromatic rings. The smallest absolute Gasteiger partial charge is 0.295 e. The van der Waals surface area contributed by atoms with Gasteiger partial charge in [-0.15, -0.1) is 0 Å². The Labute approximate surface area is 222 Å². The number of likely N-dealkylation sites (tertiary alicyclic amines) is 1. The fourth-order valence-corrected chi connectivity index (χ4v) is 4.88. The molecule has 2 aliphatic rings. The molecule has 0 bridgehead atoms. The van der Waals surface area contributed by atoms with Crippen LogP contribution in [0.4, 0.5) is 0 Å². The second-order valence-electron chi connectivity index (χ2n) is 9.67. The van der Waals surface area contributed by atoms with E-state index in [9.17, 15) is 14.7 Å². The van der Waals surface area contributed by atoms with E-state index in [0.717, 1.165) is 24.2 Å². The van der Waals surface area contributed by atoms with Gasteiger partial charge < -0.3 is 24.2 Å². The Kier molecular flexibility index (Phi) is 7.47. The number of aryl methyl sites for hydroxylation is 1. The van der Waals surface area contributed by atoms with E-state index < -0.39 is 17.7 Å². The predicted molar refractivity (Wildman–Crippen MR) is 143 cm³/mol. The van der Waals surface area contributed by atoms with Crippen LogP contribution in [-0.2, 0) is 20.7 Å². The molecule has 1 atom stereocenters. The molecule has 38 heavy (non-hydrogen) atoms. The highest BCUT2D eigenvalue weighted by molar-refractivity contribution is 6.46. The Bertz CT molecular complexity index is 1360. The van der Waals surface area contributed by atoms with Gasteiger partial charge in [0.25, 0.3) is 11.7 Å². The highest BCUT2D eigenvalue weighted by atomic mass is 16.5. The number of hydrogen-bond acceptors (Lipinski definition) is 6. The second kappa shape index (κ2) is 11.1. The summed E-state index contributed by atoms with van der Waals surface area (Å²) in [6, 6.07) is 21.2. The lowest BCUT2D eigenvalue weighted by atomic mass is 9.94. The minimum absolute atomic E-state index is 0.0226. The van der Waals surface area contributed by atoms with E-state index >= 15 is 0 Å². The fourth-order valence-electron chi connectivity index (χ4n) is 4.88. The molecule has 5 rings (SSSR count). The molecule has 0 aromatic heterocycles. The molecule has 0 saturated carbocycles. The molecule has 1 saturated heterocycles. The van der Waals surface area contributed by atoms with Gasteiger partial charge in [0.2, 0.25) is 0 Å². The van der Waals surface area contributed by atoms with Gasteiger partial charge in [-0.2, -0.15) is 0 Å². The van der Waals surface area contributed by atoms with Crippen molar-refractivity contribution in [3.05, 3.63) is 95.1 Å². The van der Waals surface area contributed by atoms with Crippen molar-refractivity contribution in [2.45, 2.75) is 38.8 Å². The molecule has 2 heterocycles. The number of ether oxygens (including phenoxy) is 3. The van der Waals surface area contributed by atoms with Gasteiger partial charge >= 0.3 is 0 Å². The number of Topliss-reactive ketones (excluding diaryl/α,β-unsaturated/α-hetero) is 1. The summed E-state index contributed by atoms with van der Waals surface area (Å²) in [5, 5.41) is 11.5. The standard InChI is InChI=1S/C31H31NO6/c1-20(2)36-17-15-32-28(22-8-6-12-25(19-22)38-24-10-4-3-5-11-24)27(30(34)31(32)35)29(33)23-13-14-26-21(18-23)9-7-16-37-26/h3-6,8,10-14,18-20,28,33H,7,9,15-17H2,1-2H3/b29-27-. The zero-order valence-corrected chi connectivity index (χ0v) is 21.6. The number of amides is 1. The monoisotopic (exact) mass is 513 g/mol. The van der Waals surface area contributed by atoms with Gasteiger partial charge in [0.15, 0.2) is 0 Å². The predicted octanol–water partition coefficient (Wildman–Crippen LogP) is 5.65. The highest BCUT2D eigenvalue weighted by Gasteiger charge is 2.46. The van der Waals surface area contributed by atoms with E-state index in [-0.39, 0.29) is 30.6 Å². The van der Waals surface area contributed by atoms with E-state index in [4.69, 9.17) is 14.2 Å². The summed E-state index contributed by atoms with van der Waals surface area (Å²) in [5.41, 5.74) is 2.15. The van der Waals surface area contributed by atoms with Crippen LogP contribution in [0.5, 0.6) is 17.2 Å². The van der Waals surface area contributed by atoms with Crippen LogP contribution in [0.15, 0.2) is 78.4 Å². The first kappa shape index (κ1) is 25.5. The van der Waals surface area contributed by atoms with Crippen LogP contribution in [-0.4, -0.2) is 47.6 Å². The van der Waals surface area contributed by atoms with Crippen molar-refractivity contribution in [3.63, 3.8) is 0 Å². The third-order valence-electron chi connectivity index (χ3n) is 6.66. The zero-order valence-electron chi connectivity index (χ0n) is 21.6. The van der Waals surface area contributed by atoms with E-state index in [1.807, 2.05) is 68.4 Å². The minimum Gasteiger partial charge on any atom is -0.507 e. The maximum atomic E-state index is 13.4. The molecule has 0 spiro atoms. The zero-order chi connectivity index (χ0) is 26.6. The first-order valence-electron chi connectivity index (χ1n) is 12.9. The van der Waals surface area contributed by atoms with Gasteiger partial charge in [0.05, 0.1) is 30.9 Å². The van der Waals surface area contributed by atoms with Gasteiger partial charge in [-0.1, -0.05) is 30.3 Å². The van der Waals surface area contributed by atoms with Crippen LogP contribution in [0.1, 0.15) is 43.0 Å². The lowest BCUT2D eigenvalue weighted by molar-refractivity contribution is -0.140. The summed E-state index contributed by atoms with van der Waals surface area (Å²) in [7, 11) is 0. The van der Waals surface area contributed by atoms with E-state index in [0.29, 0.717) is 29.2 Å². The Balaban J connectivity index is 1.56. The quantitative estimate of drug-likeness (QED) is 0.238. The van der Waals surface area contributed by atoms with Crippen molar-refractivity contribution in [2.24, 2.45) is 0 Å². The van der Waals surface area contributed by atoms with Gasteiger partial charge in [-0.25, -0.2) is 0 Å².